The number of nitrogens with zero attached hydrogens (tertiary/aromatic N) is 1. The summed E-state index contributed by atoms with van der Waals surface area (Å²) in [7, 11) is 0. The molecule has 0 saturated carbocycles. The second-order valence-corrected chi connectivity index (χ2v) is 10.3. The quantitative estimate of drug-likeness (QED) is 0.163. The minimum absolute atomic E-state index is 0.961. The molecule has 186 valence electrons. The van der Waals surface area contributed by atoms with Crippen molar-refractivity contribution < 1.29 is 0 Å². The van der Waals surface area contributed by atoms with Gasteiger partial charge in [0.1, 0.15) is 0 Å². The van der Waals surface area contributed by atoms with Gasteiger partial charge < -0.3 is 4.90 Å². The van der Waals surface area contributed by atoms with E-state index in [0.717, 1.165) is 6.54 Å². The largest absolute Gasteiger partial charge is 0.347 e. The van der Waals surface area contributed by atoms with Crippen molar-refractivity contribution in [2.45, 2.75) is 6.92 Å². The third-order valence-corrected chi connectivity index (χ3v) is 7.67. The van der Waals surface area contributed by atoms with Gasteiger partial charge in [-0.05, 0) is 67.1 Å². The highest BCUT2D eigenvalue weighted by molar-refractivity contribution is 6.23. The Morgan fingerprint density at radius 1 is 0.564 bits per heavy atom. The summed E-state index contributed by atoms with van der Waals surface area (Å²) in [5, 5.41) is 7.68. The summed E-state index contributed by atoms with van der Waals surface area (Å²) in [5.74, 6) is 0. The van der Waals surface area contributed by atoms with Crippen LogP contribution in [0.4, 0.5) is 0 Å². The van der Waals surface area contributed by atoms with Crippen LogP contribution in [0.3, 0.4) is 0 Å². The van der Waals surface area contributed by atoms with E-state index in [1.807, 2.05) is 0 Å². The van der Waals surface area contributed by atoms with E-state index in [2.05, 4.69) is 158 Å². The van der Waals surface area contributed by atoms with Crippen molar-refractivity contribution in [1.29, 1.82) is 0 Å². The van der Waals surface area contributed by atoms with E-state index >= 15 is 0 Å². The van der Waals surface area contributed by atoms with Crippen molar-refractivity contribution in [3.05, 3.63) is 151 Å². The Morgan fingerprint density at radius 3 is 1.79 bits per heavy atom. The summed E-state index contributed by atoms with van der Waals surface area (Å²) in [5.41, 5.74) is 7.70. The van der Waals surface area contributed by atoms with Gasteiger partial charge in [0, 0.05) is 18.9 Å². The van der Waals surface area contributed by atoms with Gasteiger partial charge in [-0.15, -0.1) is 0 Å². The van der Waals surface area contributed by atoms with Crippen molar-refractivity contribution in [2.24, 2.45) is 0 Å². The molecule has 0 radical (unpaired) electrons. The average molecular weight is 500 g/mol. The SMILES string of the molecule is C/C(=C\C=C/c1cccc2c(-c3c4ccccc4c(-c4ccccc4)c4ccccc34)cccc12)CN1C=C1. The molecular weight excluding hydrogens is 470 g/mol. The first kappa shape index (κ1) is 23.3. The van der Waals surface area contributed by atoms with Gasteiger partial charge in [-0.3, -0.25) is 0 Å². The highest BCUT2D eigenvalue weighted by atomic mass is 15.2. The second-order valence-electron chi connectivity index (χ2n) is 10.3. The lowest BCUT2D eigenvalue weighted by atomic mass is 9.84. The van der Waals surface area contributed by atoms with Gasteiger partial charge in [-0.25, -0.2) is 0 Å². The summed E-state index contributed by atoms with van der Waals surface area (Å²) in [4.78, 5) is 2.20. The molecule has 7 rings (SSSR count). The van der Waals surface area contributed by atoms with Gasteiger partial charge in [0.2, 0.25) is 0 Å². The molecule has 1 aliphatic rings. The molecule has 0 saturated heterocycles. The minimum atomic E-state index is 0.961. The number of benzene rings is 6. The van der Waals surface area contributed by atoms with E-state index in [1.165, 1.54) is 65.7 Å². The maximum Gasteiger partial charge on any atom is 0.0431 e. The van der Waals surface area contributed by atoms with Crippen molar-refractivity contribution in [3.8, 4) is 22.3 Å². The van der Waals surface area contributed by atoms with Crippen LogP contribution in [0, 0.1) is 0 Å². The molecule has 0 bridgehead atoms. The smallest absolute Gasteiger partial charge is 0.0431 e. The van der Waals surface area contributed by atoms with Gasteiger partial charge in [-0.2, -0.15) is 0 Å². The molecular formula is C38H29N. The molecule has 0 atom stereocenters. The molecule has 0 N–H and O–H groups in total. The standard InChI is InChI=1S/C38H29N/c1-27(26-39-24-25-39)12-9-15-28-16-10-22-31-30(28)21-11-23-32(31)38-35-19-7-5-17-33(35)37(29-13-3-2-4-14-29)34-18-6-8-20-36(34)38/h2-25H,26H2,1H3/b15-9-,27-12+. The monoisotopic (exact) mass is 499 g/mol. The Labute approximate surface area is 229 Å². The molecule has 0 aromatic heterocycles. The summed E-state index contributed by atoms with van der Waals surface area (Å²) >= 11 is 0. The van der Waals surface area contributed by atoms with Crippen LogP contribution in [-0.4, -0.2) is 11.4 Å². The number of allylic oxidation sites excluding steroid dienone is 2. The Kier molecular flexibility index (Phi) is 5.83. The number of rotatable bonds is 6. The third-order valence-electron chi connectivity index (χ3n) is 7.67. The zero-order valence-electron chi connectivity index (χ0n) is 22.0. The lowest BCUT2D eigenvalue weighted by Gasteiger charge is -2.19. The molecule has 0 amide bonds. The van der Waals surface area contributed by atoms with E-state index < -0.39 is 0 Å². The molecule has 1 aliphatic heterocycles. The number of hydrogen-bond acceptors (Lipinski definition) is 1. The molecule has 0 spiro atoms. The van der Waals surface area contributed by atoms with E-state index in [9.17, 15) is 0 Å². The Morgan fingerprint density at radius 2 is 1.13 bits per heavy atom. The van der Waals surface area contributed by atoms with Gasteiger partial charge >= 0.3 is 0 Å². The van der Waals surface area contributed by atoms with E-state index in [0.29, 0.717) is 0 Å². The van der Waals surface area contributed by atoms with Crippen LogP contribution in [-0.2, 0) is 0 Å². The zero-order chi connectivity index (χ0) is 26.2. The summed E-state index contributed by atoms with van der Waals surface area (Å²) in [6.45, 7) is 3.14. The van der Waals surface area contributed by atoms with Crippen LogP contribution in [0.2, 0.25) is 0 Å². The van der Waals surface area contributed by atoms with Crippen LogP contribution in [0.25, 0.3) is 60.6 Å². The molecule has 6 aromatic carbocycles. The van der Waals surface area contributed by atoms with Crippen molar-refractivity contribution in [2.75, 3.05) is 6.54 Å². The second kappa shape index (κ2) is 9.78. The fourth-order valence-corrected chi connectivity index (χ4v) is 5.84. The molecule has 0 aliphatic carbocycles. The zero-order valence-corrected chi connectivity index (χ0v) is 22.0. The Balaban J connectivity index is 1.46. The lowest BCUT2D eigenvalue weighted by molar-refractivity contribution is 0.660. The molecule has 39 heavy (non-hydrogen) atoms. The molecule has 1 nitrogen and oxygen atoms in total. The van der Waals surface area contributed by atoms with Crippen LogP contribution >= 0.6 is 0 Å². The summed E-state index contributed by atoms with van der Waals surface area (Å²) in [6, 6.07) is 41.9. The average Bonchev–Trinajstić information content (AvgIpc) is 3.80. The van der Waals surface area contributed by atoms with Gasteiger partial charge in [0.25, 0.3) is 0 Å². The molecule has 1 heteroatoms. The summed E-state index contributed by atoms with van der Waals surface area (Å²) < 4.78 is 0. The van der Waals surface area contributed by atoms with Crippen LogP contribution in [0.1, 0.15) is 12.5 Å². The molecule has 0 fully saturated rings. The van der Waals surface area contributed by atoms with Crippen molar-refractivity contribution >= 4 is 38.4 Å². The first-order chi connectivity index (χ1) is 19.3. The van der Waals surface area contributed by atoms with Crippen LogP contribution in [0.15, 0.2) is 145 Å². The maximum absolute atomic E-state index is 2.29. The van der Waals surface area contributed by atoms with Gasteiger partial charge in [0.05, 0.1) is 0 Å². The van der Waals surface area contributed by atoms with E-state index in [1.54, 1.807) is 0 Å². The number of fused-ring (bicyclic) bond motifs is 3. The minimum Gasteiger partial charge on any atom is -0.347 e. The molecule has 0 unspecified atom stereocenters. The van der Waals surface area contributed by atoms with Crippen LogP contribution in [0.5, 0.6) is 0 Å². The first-order valence-electron chi connectivity index (χ1n) is 13.6. The fraction of sp³-hybridized carbons (Fsp3) is 0.0526. The maximum atomic E-state index is 2.29. The van der Waals surface area contributed by atoms with Gasteiger partial charge in [0.15, 0.2) is 0 Å². The van der Waals surface area contributed by atoms with Crippen molar-refractivity contribution in [1.82, 2.24) is 4.90 Å². The Hall–Kier alpha value is -4.88. The van der Waals surface area contributed by atoms with Crippen molar-refractivity contribution in [3.63, 3.8) is 0 Å². The molecule has 6 aromatic rings. The summed E-state index contributed by atoms with van der Waals surface area (Å²) in [6.07, 6.45) is 10.8. The Bertz CT molecular complexity index is 1880. The van der Waals surface area contributed by atoms with E-state index in [4.69, 9.17) is 0 Å². The van der Waals surface area contributed by atoms with Gasteiger partial charge in [-0.1, -0.05) is 139 Å². The third kappa shape index (κ3) is 4.32. The predicted molar refractivity (Wildman–Crippen MR) is 168 cm³/mol. The normalized spacial score (nSPS) is 13.3. The van der Waals surface area contributed by atoms with Crippen LogP contribution < -0.4 is 0 Å². The van der Waals surface area contributed by atoms with E-state index in [-0.39, 0.29) is 0 Å². The lowest BCUT2D eigenvalue weighted by Crippen LogP contribution is -1.98. The topological polar surface area (TPSA) is 3.01 Å². The number of hydrogen-bond donors (Lipinski definition) is 0. The molecule has 1 heterocycles. The fourth-order valence-electron chi connectivity index (χ4n) is 5.84. The first-order valence-corrected chi connectivity index (χ1v) is 13.6. The highest BCUT2D eigenvalue weighted by Gasteiger charge is 2.17. The highest BCUT2D eigenvalue weighted by Crippen LogP contribution is 2.45. The predicted octanol–water partition coefficient (Wildman–Crippen LogP) is 10.2.